The molecule has 5 nitrogen and oxygen atoms in total. The maximum Gasteiger partial charge on any atom is 0.180 e. The van der Waals surface area contributed by atoms with Gasteiger partial charge >= 0.3 is 0 Å². The van der Waals surface area contributed by atoms with E-state index in [-0.39, 0.29) is 0 Å². The van der Waals surface area contributed by atoms with Gasteiger partial charge in [-0.3, -0.25) is 4.90 Å². The Morgan fingerprint density at radius 1 is 1.27 bits per heavy atom. The number of benzene rings is 1. The first-order valence-electron chi connectivity index (χ1n) is 7.34. The van der Waals surface area contributed by atoms with E-state index < -0.39 is 0 Å². The third kappa shape index (κ3) is 3.51. The Morgan fingerprint density at radius 2 is 2.09 bits per heavy atom. The third-order valence-electron chi connectivity index (χ3n) is 3.85. The van der Waals surface area contributed by atoms with Crippen molar-refractivity contribution in [3.63, 3.8) is 0 Å². The molecule has 0 aliphatic heterocycles. The largest absolute Gasteiger partial charge is 0.497 e. The summed E-state index contributed by atoms with van der Waals surface area (Å²) in [5.41, 5.74) is 6.88. The number of rotatable bonds is 7. The normalized spacial score (nSPS) is 14.3. The highest BCUT2D eigenvalue weighted by molar-refractivity contribution is 7.15. The molecule has 0 unspecified atom stereocenters. The second-order valence-corrected chi connectivity index (χ2v) is 6.63. The van der Waals surface area contributed by atoms with Crippen LogP contribution < -0.4 is 15.2 Å². The zero-order chi connectivity index (χ0) is 15.5. The summed E-state index contributed by atoms with van der Waals surface area (Å²) >= 11 is 1.56. The number of nitrogens with zero attached hydrogens (tertiary/aromatic N) is 2. The van der Waals surface area contributed by atoms with E-state index in [9.17, 15) is 0 Å². The van der Waals surface area contributed by atoms with Crippen molar-refractivity contribution in [1.82, 2.24) is 9.88 Å². The second kappa shape index (κ2) is 6.54. The maximum absolute atomic E-state index is 5.73. The van der Waals surface area contributed by atoms with Crippen LogP contribution in [0.3, 0.4) is 0 Å². The fraction of sp³-hybridized carbons (Fsp3) is 0.438. The van der Waals surface area contributed by atoms with Crippen molar-refractivity contribution >= 4 is 16.5 Å². The minimum absolute atomic E-state index is 0.629. The van der Waals surface area contributed by atoms with Crippen LogP contribution in [0.5, 0.6) is 11.5 Å². The fourth-order valence-electron chi connectivity index (χ4n) is 2.57. The molecule has 1 aliphatic rings. The molecular weight excluding hydrogens is 298 g/mol. The Kier molecular flexibility index (Phi) is 4.49. The van der Waals surface area contributed by atoms with Gasteiger partial charge in [-0.2, -0.15) is 0 Å². The van der Waals surface area contributed by atoms with Crippen molar-refractivity contribution in [2.75, 3.05) is 20.0 Å². The van der Waals surface area contributed by atoms with Gasteiger partial charge in [0.25, 0.3) is 0 Å². The summed E-state index contributed by atoms with van der Waals surface area (Å²) in [6, 6.07) is 6.58. The van der Waals surface area contributed by atoms with E-state index in [0.29, 0.717) is 11.2 Å². The summed E-state index contributed by atoms with van der Waals surface area (Å²) in [5, 5.41) is 0.629. The van der Waals surface area contributed by atoms with E-state index in [1.165, 1.54) is 17.7 Å². The van der Waals surface area contributed by atoms with Crippen molar-refractivity contribution in [3.8, 4) is 11.5 Å². The Balaban J connectivity index is 1.78. The summed E-state index contributed by atoms with van der Waals surface area (Å²) in [6.45, 7) is 1.71. The molecule has 1 aromatic carbocycles. The Labute approximate surface area is 134 Å². The van der Waals surface area contributed by atoms with E-state index in [2.05, 4.69) is 16.0 Å². The van der Waals surface area contributed by atoms with Gasteiger partial charge in [-0.05, 0) is 31.0 Å². The summed E-state index contributed by atoms with van der Waals surface area (Å²) in [7, 11) is 3.39. The zero-order valence-electron chi connectivity index (χ0n) is 12.9. The summed E-state index contributed by atoms with van der Waals surface area (Å²) in [4.78, 5) is 7.81. The first-order chi connectivity index (χ1) is 10.7. The van der Waals surface area contributed by atoms with Gasteiger partial charge in [-0.15, -0.1) is 11.3 Å². The lowest BCUT2D eigenvalue weighted by Gasteiger charge is -2.22. The topological polar surface area (TPSA) is 60.6 Å². The quantitative estimate of drug-likeness (QED) is 0.850. The molecule has 1 aromatic heterocycles. The molecule has 1 aliphatic carbocycles. The van der Waals surface area contributed by atoms with Gasteiger partial charge in [0.15, 0.2) is 5.13 Å². The van der Waals surface area contributed by atoms with Crippen molar-refractivity contribution in [2.24, 2.45) is 0 Å². The molecule has 0 amide bonds. The van der Waals surface area contributed by atoms with E-state index in [0.717, 1.165) is 30.2 Å². The Hall–Kier alpha value is -1.79. The van der Waals surface area contributed by atoms with Gasteiger partial charge in [0, 0.05) is 35.8 Å². The number of ether oxygens (including phenoxy) is 2. The van der Waals surface area contributed by atoms with Crippen LogP contribution in [-0.4, -0.2) is 30.1 Å². The van der Waals surface area contributed by atoms with Crippen LogP contribution in [0.2, 0.25) is 0 Å². The van der Waals surface area contributed by atoms with Gasteiger partial charge in [0.2, 0.25) is 0 Å². The molecule has 118 valence electrons. The predicted molar refractivity (Wildman–Crippen MR) is 88.3 cm³/mol. The van der Waals surface area contributed by atoms with Gasteiger partial charge < -0.3 is 15.2 Å². The van der Waals surface area contributed by atoms with E-state index in [4.69, 9.17) is 15.2 Å². The van der Waals surface area contributed by atoms with Crippen LogP contribution in [-0.2, 0) is 13.1 Å². The Morgan fingerprint density at radius 3 is 2.68 bits per heavy atom. The van der Waals surface area contributed by atoms with Crippen LogP contribution in [0.25, 0.3) is 0 Å². The number of thiazole rings is 1. The minimum Gasteiger partial charge on any atom is -0.497 e. The monoisotopic (exact) mass is 319 g/mol. The van der Waals surface area contributed by atoms with Crippen molar-refractivity contribution in [3.05, 3.63) is 34.8 Å². The van der Waals surface area contributed by atoms with Crippen molar-refractivity contribution < 1.29 is 9.47 Å². The van der Waals surface area contributed by atoms with Crippen LogP contribution in [0.1, 0.15) is 23.3 Å². The summed E-state index contributed by atoms with van der Waals surface area (Å²) in [5.74, 6) is 1.75. The highest BCUT2D eigenvalue weighted by Gasteiger charge is 2.30. The first-order valence-corrected chi connectivity index (χ1v) is 8.16. The van der Waals surface area contributed by atoms with E-state index >= 15 is 0 Å². The van der Waals surface area contributed by atoms with Gasteiger partial charge in [-0.1, -0.05) is 0 Å². The molecule has 2 aromatic rings. The molecule has 0 spiro atoms. The van der Waals surface area contributed by atoms with Crippen molar-refractivity contribution in [1.29, 1.82) is 0 Å². The lowest BCUT2D eigenvalue weighted by atomic mass is 10.1. The SMILES string of the molecule is COc1ccc(OC)c(CN(Cc2cnc(N)s2)C2CC2)c1. The van der Waals surface area contributed by atoms with Crippen LogP contribution >= 0.6 is 11.3 Å². The fourth-order valence-corrected chi connectivity index (χ4v) is 3.28. The highest BCUT2D eigenvalue weighted by atomic mass is 32.1. The number of hydrogen-bond donors (Lipinski definition) is 1. The van der Waals surface area contributed by atoms with E-state index in [1.807, 2.05) is 18.3 Å². The molecule has 3 rings (SSSR count). The molecule has 2 N–H and O–H groups in total. The maximum atomic E-state index is 5.73. The third-order valence-corrected chi connectivity index (χ3v) is 4.67. The number of nitrogen functional groups attached to an aromatic ring is 1. The van der Waals surface area contributed by atoms with Gasteiger partial charge in [0.05, 0.1) is 14.2 Å². The summed E-state index contributed by atoms with van der Waals surface area (Å²) < 4.78 is 10.8. The van der Waals surface area contributed by atoms with Gasteiger partial charge in [-0.25, -0.2) is 4.98 Å². The molecule has 6 heteroatoms. The first kappa shape index (κ1) is 15.1. The van der Waals surface area contributed by atoms with Crippen LogP contribution in [0, 0.1) is 0 Å². The lowest BCUT2D eigenvalue weighted by Crippen LogP contribution is -2.24. The molecule has 22 heavy (non-hydrogen) atoms. The number of hydrogen-bond acceptors (Lipinski definition) is 6. The standard InChI is InChI=1S/C16H21N3O2S/c1-20-13-5-6-15(21-2)11(7-13)9-19(12-3-4-12)10-14-8-18-16(17)22-14/h5-8,12H,3-4,9-10H2,1-2H3,(H2,17,18). The van der Waals surface area contributed by atoms with Crippen molar-refractivity contribution in [2.45, 2.75) is 32.0 Å². The molecule has 0 saturated heterocycles. The van der Waals surface area contributed by atoms with Crippen LogP contribution in [0.15, 0.2) is 24.4 Å². The molecule has 1 saturated carbocycles. The molecule has 0 bridgehead atoms. The van der Waals surface area contributed by atoms with E-state index in [1.54, 1.807) is 25.6 Å². The summed E-state index contributed by atoms with van der Waals surface area (Å²) in [6.07, 6.45) is 4.37. The average molecular weight is 319 g/mol. The average Bonchev–Trinajstić information content (AvgIpc) is 3.30. The smallest absolute Gasteiger partial charge is 0.180 e. The number of nitrogens with two attached hydrogens (primary N) is 1. The predicted octanol–water partition coefficient (Wildman–Crippen LogP) is 2.91. The second-order valence-electron chi connectivity index (χ2n) is 5.48. The number of methoxy groups -OCH3 is 2. The highest BCUT2D eigenvalue weighted by Crippen LogP contribution is 2.33. The van der Waals surface area contributed by atoms with Crippen LogP contribution in [0.4, 0.5) is 5.13 Å². The molecule has 0 radical (unpaired) electrons. The molecular formula is C16H21N3O2S. The molecule has 0 atom stereocenters. The number of anilines is 1. The molecule has 1 heterocycles. The lowest BCUT2D eigenvalue weighted by molar-refractivity contribution is 0.243. The van der Waals surface area contributed by atoms with Gasteiger partial charge in [0.1, 0.15) is 11.5 Å². The number of aromatic nitrogens is 1. The zero-order valence-corrected chi connectivity index (χ0v) is 13.7. The molecule has 1 fully saturated rings. The minimum atomic E-state index is 0.629. The Bertz CT molecular complexity index is 640.